The number of nitrogens with zero attached hydrogens (tertiary/aromatic N) is 3. The van der Waals surface area contributed by atoms with Crippen LogP contribution in [0.4, 0.5) is 5.95 Å². The summed E-state index contributed by atoms with van der Waals surface area (Å²) in [6.07, 6.45) is 4.60. The molecule has 3 rings (SSSR count). The fourth-order valence-electron chi connectivity index (χ4n) is 2.74. The highest BCUT2D eigenvalue weighted by Crippen LogP contribution is 2.21. The summed E-state index contributed by atoms with van der Waals surface area (Å²) in [4.78, 5) is 22.4. The molecule has 0 atom stereocenters. The van der Waals surface area contributed by atoms with Crippen LogP contribution in [0.3, 0.4) is 0 Å². The van der Waals surface area contributed by atoms with Crippen LogP contribution in [0.15, 0.2) is 42.7 Å². The monoisotopic (exact) mass is 326 g/mol. The highest BCUT2D eigenvalue weighted by atomic mass is 16.5. The van der Waals surface area contributed by atoms with Gasteiger partial charge in [-0.3, -0.25) is 4.79 Å². The van der Waals surface area contributed by atoms with Crippen LogP contribution in [0.5, 0.6) is 5.75 Å². The molecule has 1 saturated heterocycles. The number of rotatable bonds is 7. The number of para-hydroxylation sites is 1. The topological polar surface area (TPSA) is 67.3 Å². The lowest BCUT2D eigenvalue weighted by atomic mass is 10.0. The lowest BCUT2D eigenvalue weighted by Gasteiger charge is -2.39. The van der Waals surface area contributed by atoms with Crippen LogP contribution < -0.4 is 10.1 Å². The SMILES string of the molecule is CCOc1ccccc1CCC(=O)N1CC(Nc2ncccn2)C1. The summed E-state index contributed by atoms with van der Waals surface area (Å²) < 4.78 is 5.60. The average molecular weight is 326 g/mol. The van der Waals surface area contributed by atoms with Crippen molar-refractivity contribution >= 4 is 11.9 Å². The lowest BCUT2D eigenvalue weighted by Crippen LogP contribution is -2.57. The van der Waals surface area contributed by atoms with Crippen LogP contribution in [0.25, 0.3) is 0 Å². The molecule has 0 aliphatic carbocycles. The van der Waals surface area contributed by atoms with E-state index in [1.54, 1.807) is 18.5 Å². The Kier molecular flexibility index (Phi) is 5.25. The molecule has 1 aromatic heterocycles. The van der Waals surface area contributed by atoms with Gasteiger partial charge in [0.2, 0.25) is 11.9 Å². The Morgan fingerprint density at radius 2 is 2.00 bits per heavy atom. The van der Waals surface area contributed by atoms with Crippen molar-refractivity contribution in [3.63, 3.8) is 0 Å². The van der Waals surface area contributed by atoms with E-state index in [4.69, 9.17) is 4.74 Å². The van der Waals surface area contributed by atoms with Gasteiger partial charge < -0.3 is 15.0 Å². The van der Waals surface area contributed by atoms with E-state index >= 15 is 0 Å². The third-order valence-electron chi connectivity index (χ3n) is 4.01. The van der Waals surface area contributed by atoms with E-state index in [0.717, 1.165) is 11.3 Å². The van der Waals surface area contributed by atoms with Crippen molar-refractivity contribution in [2.75, 3.05) is 25.0 Å². The molecule has 1 aromatic carbocycles. The molecule has 6 nitrogen and oxygen atoms in total. The van der Waals surface area contributed by atoms with Gasteiger partial charge in [0.05, 0.1) is 12.6 Å². The van der Waals surface area contributed by atoms with Crippen molar-refractivity contribution in [1.29, 1.82) is 0 Å². The number of anilines is 1. The summed E-state index contributed by atoms with van der Waals surface area (Å²) in [5.41, 5.74) is 1.08. The minimum absolute atomic E-state index is 0.174. The first kappa shape index (κ1) is 16.2. The van der Waals surface area contributed by atoms with Crippen molar-refractivity contribution in [2.24, 2.45) is 0 Å². The number of carbonyl (C=O) groups excluding carboxylic acids is 1. The number of likely N-dealkylation sites (tertiary alicyclic amines) is 1. The maximum atomic E-state index is 12.3. The van der Waals surface area contributed by atoms with Crippen LogP contribution in [0.1, 0.15) is 18.9 Å². The first-order chi connectivity index (χ1) is 11.8. The highest BCUT2D eigenvalue weighted by Gasteiger charge is 2.30. The number of aromatic nitrogens is 2. The van der Waals surface area contributed by atoms with E-state index < -0.39 is 0 Å². The van der Waals surface area contributed by atoms with Crippen molar-refractivity contribution in [1.82, 2.24) is 14.9 Å². The standard InChI is InChI=1S/C18H22N4O2/c1-2-24-16-7-4-3-6-14(16)8-9-17(23)22-12-15(13-22)21-18-19-10-5-11-20-18/h3-7,10-11,15H,2,8-9,12-13H2,1H3,(H,19,20,21). The summed E-state index contributed by atoms with van der Waals surface area (Å²) in [7, 11) is 0. The molecule has 2 aromatic rings. The second kappa shape index (κ2) is 7.77. The van der Waals surface area contributed by atoms with Gasteiger partial charge in [-0.1, -0.05) is 18.2 Å². The fraction of sp³-hybridized carbons (Fsp3) is 0.389. The Morgan fingerprint density at radius 1 is 1.25 bits per heavy atom. The maximum Gasteiger partial charge on any atom is 0.223 e. The van der Waals surface area contributed by atoms with Gasteiger partial charge in [0, 0.05) is 31.9 Å². The number of carbonyl (C=O) groups is 1. The van der Waals surface area contributed by atoms with Gasteiger partial charge in [0.1, 0.15) is 5.75 Å². The van der Waals surface area contributed by atoms with Gasteiger partial charge in [-0.15, -0.1) is 0 Å². The largest absolute Gasteiger partial charge is 0.494 e. The molecule has 24 heavy (non-hydrogen) atoms. The molecule has 1 fully saturated rings. The molecular weight excluding hydrogens is 304 g/mol. The van der Waals surface area contributed by atoms with E-state index in [1.807, 2.05) is 36.1 Å². The van der Waals surface area contributed by atoms with Gasteiger partial charge in [0.25, 0.3) is 0 Å². The molecule has 0 spiro atoms. The number of benzene rings is 1. The van der Waals surface area contributed by atoms with E-state index in [1.165, 1.54) is 0 Å². The van der Waals surface area contributed by atoms with E-state index in [2.05, 4.69) is 15.3 Å². The number of aryl methyl sites for hydroxylation is 1. The third kappa shape index (κ3) is 4.01. The Balaban J connectivity index is 1.44. The quantitative estimate of drug-likeness (QED) is 0.844. The molecule has 1 aliphatic rings. The fourth-order valence-corrected chi connectivity index (χ4v) is 2.74. The van der Waals surface area contributed by atoms with Crippen LogP contribution in [-0.2, 0) is 11.2 Å². The van der Waals surface area contributed by atoms with E-state index in [9.17, 15) is 4.79 Å². The smallest absolute Gasteiger partial charge is 0.223 e. The minimum Gasteiger partial charge on any atom is -0.494 e. The molecule has 0 bridgehead atoms. The number of hydrogen-bond acceptors (Lipinski definition) is 5. The number of hydrogen-bond donors (Lipinski definition) is 1. The maximum absolute atomic E-state index is 12.3. The van der Waals surface area contributed by atoms with Gasteiger partial charge in [-0.2, -0.15) is 0 Å². The van der Waals surface area contributed by atoms with Crippen LogP contribution in [-0.4, -0.2) is 46.5 Å². The predicted molar refractivity (Wildman–Crippen MR) is 92.0 cm³/mol. The predicted octanol–water partition coefficient (Wildman–Crippen LogP) is 2.13. The second-order valence-corrected chi connectivity index (χ2v) is 5.75. The zero-order valence-electron chi connectivity index (χ0n) is 13.8. The molecule has 2 heterocycles. The second-order valence-electron chi connectivity index (χ2n) is 5.75. The zero-order valence-corrected chi connectivity index (χ0v) is 13.8. The summed E-state index contributed by atoms with van der Waals surface area (Å²) in [6.45, 7) is 3.99. The average Bonchev–Trinajstić information content (AvgIpc) is 2.58. The normalized spacial score (nSPS) is 14.1. The van der Waals surface area contributed by atoms with Gasteiger partial charge in [-0.25, -0.2) is 9.97 Å². The summed E-state index contributed by atoms with van der Waals surface area (Å²) in [5, 5.41) is 3.23. The molecule has 0 unspecified atom stereocenters. The molecule has 1 amide bonds. The summed E-state index contributed by atoms with van der Waals surface area (Å²) in [5.74, 6) is 1.66. The van der Waals surface area contributed by atoms with Gasteiger partial charge in [0.15, 0.2) is 0 Å². The third-order valence-corrected chi connectivity index (χ3v) is 4.01. The molecule has 1 aliphatic heterocycles. The first-order valence-electron chi connectivity index (χ1n) is 8.28. The Labute approximate surface area is 141 Å². The first-order valence-corrected chi connectivity index (χ1v) is 8.28. The highest BCUT2D eigenvalue weighted by molar-refractivity contribution is 5.77. The van der Waals surface area contributed by atoms with E-state index in [-0.39, 0.29) is 11.9 Å². The number of amides is 1. The summed E-state index contributed by atoms with van der Waals surface area (Å²) in [6, 6.07) is 9.91. The number of ether oxygens (including phenoxy) is 1. The molecule has 0 saturated carbocycles. The zero-order chi connectivity index (χ0) is 16.8. The molecular formula is C18H22N4O2. The molecule has 0 radical (unpaired) electrons. The van der Waals surface area contributed by atoms with Crippen LogP contribution >= 0.6 is 0 Å². The lowest BCUT2D eigenvalue weighted by molar-refractivity contribution is -0.135. The minimum atomic E-state index is 0.174. The molecule has 1 N–H and O–H groups in total. The Morgan fingerprint density at radius 3 is 2.75 bits per heavy atom. The summed E-state index contributed by atoms with van der Waals surface area (Å²) >= 11 is 0. The van der Waals surface area contributed by atoms with Gasteiger partial charge >= 0.3 is 0 Å². The Hall–Kier alpha value is -2.63. The van der Waals surface area contributed by atoms with Crippen molar-refractivity contribution in [3.8, 4) is 5.75 Å². The Bertz CT molecular complexity index is 672. The van der Waals surface area contributed by atoms with Crippen molar-refractivity contribution in [2.45, 2.75) is 25.8 Å². The van der Waals surface area contributed by atoms with Crippen molar-refractivity contribution in [3.05, 3.63) is 48.3 Å². The molecule has 6 heteroatoms. The van der Waals surface area contributed by atoms with Gasteiger partial charge in [-0.05, 0) is 31.0 Å². The van der Waals surface area contributed by atoms with Crippen molar-refractivity contribution < 1.29 is 9.53 Å². The number of nitrogens with one attached hydrogen (secondary N) is 1. The van der Waals surface area contributed by atoms with Crippen LogP contribution in [0, 0.1) is 0 Å². The van der Waals surface area contributed by atoms with E-state index in [0.29, 0.717) is 38.5 Å². The van der Waals surface area contributed by atoms with Crippen LogP contribution in [0.2, 0.25) is 0 Å². The molecule has 126 valence electrons.